The van der Waals surface area contributed by atoms with E-state index in [1.165, 1.54) is 0 Å². The molecule has 5 heteroatoms. The van der Waals surface area contributed by atoms with Crippen molar-refractivity contribution in [1.29, 1.82) is 0 Å². The predicted molar refractivity (Wildman–Crippen MR) is 78.7 cm³/mol. The van der Waals surface area contributed by atoms with Crippen LogP contribution in [0.25, 0.3) is 0 Å². The van der Waals surface area contributed by atoms with Gasteiger partial charge in [-0.3, -0.25) is 4.79 Å². The van der Waals surface area contributed by atoms with E-state index in [0.717, 1.165) is 25.8 Å². The number of rotatable bonds is 5. The molecule has 0 saturated carbocycles. The maximum Gasteiger partial charge on any atom is 0.320 e. The molecule has 1 atom stereocenters. The normalized spacial score (nSPS) is 19.8. The van der Waals surface area contributed by atoms with Crippen LogP contribution in [0.3, 0.4) is 0 Å². The first-order valence-electron chi connectivity index (χ1n) is 7.52. The third kappa shape index (κ3) is 4.39. The SMILES string of the molecule is CCC(C)(C)N(C)C(=O)N1CCCC(CCC(=O)O)C1. The van der Waals surface area contributed by atoms with E-state index in [-0.39, 0.29) is 18.0 Å². The van der Waals surface area contributed by atoms with Gasteiger partial charge >= 0.3 is 12.0 Å². The highest BCUT2D eigenvalue weighted by Crippen LogP contribution is 2.24. The lowest BCUT2D eigenvalue weighted by molar-refractivity contribution is -0.137. The van der Waals surface area contributed by atoms with Gasteiger partial charge < -0.3 is 14.9 Å². The molecule has 0 aromatic heterocycles. The number of carboxylic acids is 1. The molecule has 0 aromatic rings. The monoisotopic (exact) mass is 284 g/mol. The van der Waals surface area contributed by atoms with Crippen LogP contribution in [0.4, 0.5) is 4.79 Å². The van der Waals surface area contributed by atoms with Crippen molar-refractivity contribution >= 4 is 12.0 Å². The standard InChI is InChI=1S/C15H28N2O3/c1-5-15(2,3)16(4)14(20)17-10-6-7-12(11-17)8-9-13(18)19/h12H,5-11H2,1-4H3,(H,18,19). The van der Waals surface area contributed by atoms with Crippen LogP contribution in [0.5, 0.6) is 0 Å². The van der Waals surface area contributed by atoms with Gasteiger partial charge in [0.15, 0.2) is 0 Å². The lowest BCUT2D eigenvalue weighted by Gasteiger charge is -2.41. The van der Waals surface area contributed by atoms with E-state index in [1.54, 1.807) is 0 Å². The Balaban J connectivity index is 2.58. The third-order valence-electron chi connectivity index (χ3n) is 4.62. The fourth-order valence-corrected chi connectivity index (χ4v) is 2.51. The number of likely N-dealkylation sites (tertiary alicyclic amines) is 1. The van der Waals surface area contributed by atoms with E-state index >= 15 is 0 Å². The molecule has 0 bridgehead atoms. The van der Waals surface area contributed by atoms with Crippen LogP contribution in [-0.2, 0) is 4.79 Å². The molecule has 1 fully saturated rings. The van der Waals surface area contributed by atoms with Gasteiger partial charge in [-0.2, -0.15) is 0 Å². The second kappa shape index (κ2) is 6.95. The highest BCUT2D eigenvalue weighted by atomic mass is 16.4. The summed E-state index contributed by atoms with van der Waals surface area (Å²) < 4.78 is 0. The fraction of sp³-hybridized carbons (Fsp3) is 0.867. The maximum atomic E-state index is 12.5. The summed E-state index contributed by atoms with van der Waals surface area (Å²) in [6, 6.07) is 0.0666. The predicted octanol–water partition coefficient (Wildman–Crippen LogP) is 2.80. The molecule has 0 spiro atoms. The zero-order valence-corrected chi connectivity index (χ0v) is 13.2. The van der Waals surface area contributed by atoms with Gasteiger partial charge in [0.25, 0.3) is 0 Å². The van der Waals surface area contributed by atoms with E-state index in [2.05, 4.69) is 20.8 Å². The number of amides is 2. The number of aliphatic carboxylic acids is 1. The highest BCUT2D eigenvalue weighted by Gasteiger charge is 2.31. The molecule has 116 valence electrons. The zero-order chi connectivity index (χ0) is 15.3. The Hall–Kier alpha value is -1.26. The number of piperidine rings is 1. The fourth-order valence-electron chi connectivity index (χ4n) is 2.51. The maximum absolute atomic E-state index is 12.5. The summed E-state index contributed by atoms with van der Waals surface area (Å²) in [7, 11) is 1.85. The number of urea groups is 1. The van der Waals surface area contributed by atoms with Crippen LogP contribution < -0.4 is 0 Å². The van der Waals surface area contributed by atoms with Crippen LogP contribution in [0.15, 0.2) is 0 Å². The molecule has 1 aliphatic heterocycles. The van der Waals surface area contributed by atoms with Crippen LogP contribution in [0, 0.1) is 5.92 Å². The van der Waals surface area contributed by atoms with E-state index in [9.17, 15) is 9.59 Å². The Morgan fingerprint density at radius 1 is 1.40 bits per heavy atom. The van der Waals surface area contributed by atoms with Crippen LogP contribution in [0.2, 0.25) is 0 Å². The smallest absolute Gasteiger partial charge is 0.320 e. The Bertz CT molecular complexity index is 355. The van der Waals surface area contributed by atoms with Gasteiger partial charge in [-0.1, -0.05) is 6.92 Å². The minimum atomic E-state index is -0.752. The van der Waals surface area contributed by atoms with E-state index in [0.29, 0.717) is 18.9 Å². The van der Waals surface area contributed by atoms with Crippen LogP contribution in [-0.4, -0.2) is 52.6 Å². The number of carbonyl (C=O) groups is 2. The van der Waals surface area contributed by atoms with Gasteiger partial charge in [-0.15, -0.1) is 0 Å². The average molecular weight is 284 g/mol. The van der Waals surface area contributed by atoms with Gasteiger partial charge in [-0.05, 0) is 45.4 Å². The van der Waals surface area contributed by atoms with Crippen LogP contribution >= 0.6 is 0 Å². The summed E-state index contributed by atoms with van der Waals surface area (Å²) in [6.07, 6.45) is 3.77. The van der Waals surface area contributed by atoms with Gasteiger partial charge in [0.1, 0.15) is 0 Å². The number of hydrogen-bond donors (Lipinski definition) is 1. The topological polar surface area (TPSA) is 60.9 Å². The summed E-state index contributed by atoms with van der Waals surface area (Å²) in [4.78, 5) is 26.9. The van der Waals surface area contributed by atoms with Crippen molar-refractivity contribution in [3.05, 3.63) is 0 Å². The Morgan fingerprint density at radius 2 is 2.05 bits per heavy atom. The molecule has 1 heterocycles. The molecule has 1 unspecified atom stereocenters. The van der Waals surface area contributed by atoms with Crippen molar-refractivity contribution in [2.24, 2.45) is 5.92 Å². The first-order chi connectivity index (χ1) is 9.27. The molecule has 2 amide bonds. The molecule has 0 radical (unpaired) electrons. The molecule has 1 aliphatic rings. The lowest BCUT2D eigenvalue weighted by Crippen LogP contribution is -2.53. The number of nitrogens with zero attached hydrogens (tertiary/aromatic N) is 2. The van der Waals surface area contributed by atoms with Crippen molar-refractivity contribution in [1.82, 2.24) is 9.80 Å². The van der Waals surface area contributed by atoms with E-state index in [4.69, 9.17) is 5.11 Å². The minimum Gasteiger partial charge on any atom is -0.481 e. The zero-order valence-electron chi connectivity index (χ0n) is 13.2. The Kier molecular flexibility index (Phi) is 5.84. The summed E-state index contributed by atoms with van der Waals surface area (Å²) in [5.74, 6) is -0.431. The number of hydrogen-bond acceptors (Lipinski definition) is 2. The van der Waals surface area contributed by atoms with Crippen molar-refractivity contribution < 1.29 is 14.7 Å². The molecule has 1 N–H and O–H groups in total. The molecule has 20 heavy (non-hydrogen) atoms. The Labute approximate surface area is 121 Å². The lowest BCUT2D eigenvalue weighted by atomic mass is 9.93. The average Bonchev–Trinajstić information content (AvgIpc) is 2.43. The van der Waals surface area contributed by atoms with E-state index in [1.807, 2.05) is 16.8 Å². The minimum absolute atomic E-state index is 0.0666. The molecule has 1 rings (SSSR count). The van der Waals surface area contributed by atoms with Gasteiger partial charge in [0.05, 0.1) is 0 Å². The van der Waals surface area contributed by atoms with Crippen molar-refractivity contribution in [2.45, 2.75) is 58.4 Å². The second-order valence-electron chi connectivity index (χ2n) is 6.39. The van der Waals surface area contributed by atoms with Gasteiger partial charge in [0.2, 0.25) is 0 Å². The van der Waals surface area contributed by atoms with Gasteiger partial charge in [-0.25, -0.2) is 4.79 Å². The molecule has 5 nitrogen and oxygen atoms in total. The summed E-state index contributed by atoms with van der Waals surface area (Å²) >= 11 is 0. The molecular weight excluding hydrogens is 256 g/mol. The van der Waals surface area contributed by atoms with Crippen LogP contribution in [0.1, 0.15) is 52.9 Å². The third-order valence-corrected chi connectivity index (χ3v) is 4.62. The summed E-state index contributed by atoms with van der Waals surface area (Å²) in [5, 5.41) is 8.76. The molecular formula is C15H28N2O3. The quantitative estimate of drug-likeness (QED) is 0.844. The van der Waals surface area contributed by atoms with E-state index < -0.39 is 5.97 Å². The first-order valence-corrected chi connectivity index (χ1v) is 7.52. The molecule has 0 aromatic carbocycles. The summed E-state index contributed by atoms with van der Waals surface area (Å²) in [5.41, 5.74) is -0.148. The Morgan fingerprint density at radius 3 is 2.60 bits per heavy atom. The van der Waals surface area contributed by atoms with Crippen molar-refractivity contribution in [3.8, 4) is 0 Å². The van der Waals surface area contributed by atoms with Gasteiger partial charge in [0, 0.05) is 32.1 Å². The highest BCUT2D eigenvalue weighted by molar-refractivity contribution is 5.75. The first kappa shape index (κ1) is 16.8. The van der Waals surface area contributed by atoms with Crippen molar-refractivity contribution in [3.63, 3.8) is 0 Å². The molecule has 0 aliphatic carbocycles. The number of carboxylic acid groups (broad SMARTS) is 1. The largest absolute Gasteiger partial charge is 0.481 e. The molecule has 1 saturated heterocycles. The second-order valence-corrected chi connectivity index (χ2v) is 6.39. The van der Waals surface area contributed by atoms with Crippen molar-refractivity contribution in [2.75, 3.05) is 20.1 Å². The number of carbonyl (C=O) groups excluding carboxylic acids is 1. The summed E-state index contributed by atoms with van der Waals surface area (Å²) in [6.45, 7) is 7.69.